The van der Waals surface area contributed by atoms with Crippen LogP contribution in [0.1, 0.15) is 20.3 Å². The molecular weight excluding hydrogens is 344 g/mol. The van der Waals surface area contributed by atoms with E-state index in [9.17, 15) is 19.2 Å². The number of hydrogen-bond acceptors (Lipinski definition) is 7. The molecule has 0 atom stereocenters. The Hall–Kier alpha value is -3.16. The first-order valence-corrected chi connectivity index (χ1v) is 7.34. The second kappa shape index (κ2) is 26.7. The van der Waals surface area contributed by atoms with Crippen LogP contribution in [0.25, 0.3) is 0 Å². The molecule has 0 bridgehead atoms. The summed E-state index contributed by atoms with van der Waals surface area (Å²) in [7, 11) is 1.31. The lowest BCUT2D eigenvalue weighted by Crippen LogP contribution is -1.99. The van der Waals surface area contributed by atoms with Gasteiger partial charge in [-0.05, 0) is 13.3 Å². The maximum atomic E-state index is 10.2. The smallest absolute Gasteiger partial charge is 0.330 e. The number of aliphatic carboxylic acids is 1. The van der Waals surface area contributed by atoms with E-state index >= 15 is 0 Å². The molecule has 0 aromatic heterocycles. The quantitative estimate of drug-likeness (QED) is 0.411. The van der Waals surface area contributed by atoms with Crippen LogP contribution in [0.4, 0.5) is 0 Å². The number of rotatable bonds is 7. The van der Waals surface area contributed by atoms with Gasteiger partial charge in [0.25, 0.3) is 0 Å². The predicted molar refractivity (Wildman–Crippen MR) is 98.3 cm³/mol. The van der Waals surface area contributed by atoms with Gasteiger partial charge in [0.2, 0.25) is 0 Å². The minimum Gasteiger partial charge on any atom is -0.478 e. The summed E-state index contributed by atoms with van der Waals surface area (Å²) in [6.07, 6.45) is 5.11. The van der Waals surface area contributed by atoms with Crippen molar-refractivity contribution in [3.63, 3.8) is 0 Å². The van der Waals surface area contributed by atoms with Crippen molar-refractivity contribution < 1.29 is 38.5 Å². The van der Waals surface area contributed by atoms with E-state index < -0.39 is 11.9 Å². The highest BCUT2D eigenvalue weighted by Gasteiger charge is 1.89. The average molecular weight is 372 g/mol. The maximum Gasteiger partial charge on any atom is 0.330 e. The fourth-order valence-electron chi connectivity index (χ4n) is 0.546. The number of carboxylic acid groups (broad SMARTS) is 1. The van der Waals surface area contributed by atoms with E-state index in [1.807, 2.05) is 6.92 Å². The van der Waals surface area contributed by atoms with Crippen molar-refractivity contribution in [2.45, 2.75) is 20.3 Å². The molecule has 0 aromatic carbocycles. The van der Waals surface area contributed by atoms with E-state index in [1.165, 1.54) is 7.11 Å². The molecule has 0 saturated heterocycles. The van der Waals surface area contributed by atoms with Crippen LogP contribution < -0.4 is 0 Å². The van der Waals surface area contributed by atoms with Crippen LogP contribution in [-0.2, 0) is 33.4 Å². The molecule has 0 aliphatic carbocycles. The van der Waals surface area contributed by atoms with Crippen LogP contribution in [0.5, 0.6) is 0 Å². The summed E-state index contributed by atoms with van der Waals surface area (Å²) in [4.78, 5) is 39.4. The van der Waals surface area contributed by atoms with Crippen molar-refractivity contribution in [1.29, 1.82) is 0 Å². The van der Waals surface area contributed by atoms with Gasteiger partial charge in [0, 0.05) is 24.3 Å². The van der Waals surface area contributed by atoms with Gasteiger partial charge in [0.15, 0.2) is 0 Å². The van der Waals surface area contributed by atoms with Gasteiger partial charge in [-0.2, -0.15) is 0 Å². The van der Waals surface area contributed by atoms with Crippen molar-refractivity contribution in [1.82, 2.24) is 0 Å². The Labute approximate surface area is 154 Å². The molecule has 0 aromatic rings. The first-order valence-electron chi connectivity index (χ1n) is 7.34. The van der Waals surface area contributed by atoms with Gasteiger partial charge < -0.3 is 19.3 Å². The Morgan fingerprint density at radius 1 is 0.808 bits per heavy atom. The highest BCUT2D eigenvalue weighted by molar-refractivity contribution is 5.81. The number of esters is 3. The molecule has 0 aliphatic heterocycles. The molecule has 0 fully saturated rings. The van der Waals surface area contributed by atoms with Crippen LogP contribution in [0, 0.1) is 0 Å². The molecule has 0 spiro atoms. The molecule has 0 amide bonds. The Morgan fingerprint density at radius 2 is 1.19 bits per heavy atom. The van der Waals surface area contributed by atoms with Crippen LogP contribution >= 0.6 is 0 Å². The van der Waals surface area contributed by atoms with Crippen molar-refractivity contribution in [3.05, 3.63) is 50.6 Å². The largest absolute Gasteiger partial charge is 0.478 e. The highest BCUT2D eigenvalue weighted by Crippen LogP contribution is 1.81. The normalized spacial score (nSPS) is 7.35. The van der Waals surface area contributed by atoms with Crippen LogP contribution in [0.15, 0.2) is 50.6 Å². The molecule has 26 heavy (non-hydrogen) atoms. The Kier molecular flexibility index (Phi) is 31.5. The van der Waals surface area contributed by atoms with E-state index in [-0.39, 0.29) is 11.9 Å². The number of carboxylic acids is 1. The second-order valence-corrected chi connectivity index (χ2v) is 3.60. The molecule has 0 rings (SSSR count). The molecule has 8 nitrogen and oxygen atoms in total. The lowest BCUT2D eigenvalue weighted by molar-refractivity contribution is -0.138. The van der Waals surface area contributed by atoms with E-state index in [0.717, 1.165) is 30.7 Å². The summed E-state index contributed by atoms with van der Waals surface area (Å²) < 4.78 is 13.2. The number of carbonyl (C=O) groups excluding carboxylic acids is 3. The van der Waals surface area contributed by atoms with E-state index in [2.05, 4.69) is 40.5 Å². The van der Waals surface area contributed by atoms with Crippen molar-refractivity contribution in [3.8, 4) is 0 Å². The second-order valence-electron chi connectivity index (χ2n) is 3.60. The van der Waals surface area contributed by atoms with Crippen LogP contribution in [-0.4, -0.2) is 49.3 Å². The number of carbonyl (C=O) groups is 4. The highest BCUT2D eigenvalue weighted by atomic mass is 16.5. The monoisotopic (exact) mass is 372 g/mol. The first-order chi connectivity index (χ1) is 12.2. The van der Waals surface area contributed by atoms with Crippen molar-refractivity contribution in [2.24, 2.45) is 0 Å². The molecule has 0 radical (unpaired) electrons. The molecule has 0 unspecified atom stereocenters. The van der Waals surface area contributed by atoms with Gasteiger partial charge in [0.05, 0.1) is 20.3 Å². The third-order valence-electron chi connectivity index (χ3n) is 1.61. The standard InChI is InChI=1S/C6H10O2.C5H8O2.C4H6O2.C3H4O2/c1-3-5-8-6(7)4-2;1-3-5(6)7-4-2;1-3-4(5)6-2;1-2-3(4)5/h4H,2-3,5H2,1H3;3H,1,4H2,2H3;3H,1H2,2H3;2H,1H2,(H,4,5). The Bertz CT molecular complexity index is 452. The van der Waals surface area contributed by atoms with Crippen molar-refractivity contribution in [2.75, 3.05) is 20.3 Å². The summed E-state index contributed by atoms with van der Waals surface area (Å²) >= 11 is 0. The van der Waals surface area contributed by atoms with Crippen LogP contribution in [0.2, 0.25) is 0 Å². The van der Waals surface area contributed by atoms with Gasteiger partial charge in [0.1, 0.15) is 0 Å². The van der Waals surface area contributed by atoms with Gasteiger partial charge >= 0.3 is 23.9 Å². The Balaban J connectivity index is -0.000000126. The zero-order chi connectivity index (χ0) is 21.4. The van der Waals surface area contributed by atoms with E-state index in [0.29, 0.717) is 13.2 Å². The summed E-state index contributed by atoms with van der Waals surface area (Å²) in [5.41, 5.74) is 0. The molecule has 0 saturated carbocycles. The topological polar surface area (TPSA) is 116 Å². The fraction of sp³-hybridized carbons (Fsp3) is 0.333. The third-order valence-corrected chi connectivity index (χ3v) is 1.61. The van der Waals surface area contributed by atoms with E-state index in [4.69, 9.17) is 5.11 Å². The Morgan fingerprint density at radius 3 is 1.35 bits per heavy atom. The number of methoxy groups -OCH3 is 1. The third kappa shape index (κ3) is 42.8. The van der Waals surface area contributed by atoms with Gasteiger partial charge in [-0.15, -0.1) is 0 Å². The average Bonchev–Trinajstić information content (AvgIpc) is 2.66. The predicted octanol–water partition coefficient (Wildman–Crippen LogP) is 2.46. The number of hydrogen-bond donors (Lipinski definition) is 1. The molecular formula is C18H28O8. The molecule has 8 heteroatoms. The van der Waals surface area contributed by atoms with Gasteiger partial charge in [-0.1, -0.05) is 33.2 Å². The number of ether oxygens (including phenoxy) is 3. The minimum atomic E-state index is -0.981. The fourth-order valence-corrected chi connectivity index (χ4v) is 0.546. The van der Waals surface area contributed by atoms with E-state index in [1.54, 1.807) is 6.92 Å². The molecule has 0 aliphatic rings. The molecule has 1 N–H and O–H groups in total. The maximum absolute atomic E-state index is 10.2. The van der Waals surface area contributed by atoms with Gasteiger partial charge in [-0.25, -0.2) is 19.2 Å². The van der Waals surface area contributed by atoms with Crippen LogP contribution in [0.3, 0.4) is 0 Å². The van der Waals surface area contributed by atoms with Gasteiger partial charge in [-0.3, -0.25) is 0 Å². The molecule has 0 heterocycles. The summed E-state index contributed by atoms with van der Waals surface area (Å²) in [5.74, 6) is -2.07. The minimum absolute atomic E-state index is 0.341. The lowest BCUT2D eigenvalue weighted by Gasteiger charge is -1.94. The summed E-state index contributed by atoms with van der Waals surface area (Å²) in [6.45, 7) is 17.2. The summed E-state index contributed by atoms with van der Waals surface area (Å²) in [5, 5.41) is 7.60. The van der Waals surface area contributed by atoms with Crippen molar-refractivity contribution >= 4 is 23.9 Å². The summed E-state index contributed by atoms with van der Waals surface area (Å²) in [6, 6.07) is 0. The first kappa shape index (κ1) is 30.7. The lowest BCUT2D eigenvalue weighted by atomic mass is 10.5. The zero-order valence-corrected chi connectivity index (χ0v) is 15.6. The zero-order valence-electron chi connectivity index (χ0n) is 15.6. The SMILES string of the molecule is C=CC(=O)O.C=CC(=O)OC.C=CC(=O)OCC.C=CC(=O)OCCC. The molecule has 148 valence electrons.